The van der Waals surface area contributed by atoms with Crippen LogP contribution in [0.4, 0.5) is 0 Å². The minimum atomic E-state index is -0.933. The van der Waals surface area contributed by atoms with Gasteiger partial charge in [0.2, 0.25) is 0 Å². The van der Waals surface area contributed by atoms with Crippen LogP contribution < -0.4 is 0 Å². The van der Waals surface area contributed by atoms with E-state index in [1.807, 2.05) is 17.8 Å². The summed E-state index contributed by atoms with van der Waals surface area (Å²) >= 11 is 1.99. The quantitative estimate of drug-likeness (QED) is 0.227. The molecule has 7 heteroatoms. The van der Waals surface area contributed by atoms with Crippen LogP contribution in [0.1, 0.15) is 93.3 Å². The standard InChI is InChI=1S/C28H38O6S/c1-2-3-4-9-18(29)14-15-20-23-16-19(35-25(23)17-24(20)30)10-5-8-13-26(31)33-28-22-12-7-6-11-21(22)27(32)34-28/h6-7,11-12,14-15,18-20,23-25,28-30H,2-5,8-10,13,16-17H2,1H3/b15-14+/t18-,19?,20+,23+,24+,25+,28?/m0/s1. The summed E-state index contributed by atoms with van der Waals surface area (Å²) < 4.78 is 10.6. The van der Waals surface area contributed by atoms with Gasteiger partial charge in [-0.25, -0.2) is 4.79 Å². The maximum atomic E-state index is 12.3. The van der Waals surface area contributed by atoms with E-state index in [1.54, 1.807) is 24.3 Å². The maximum Gasteiger partial charge on any atom is 0.342 e. The van der Waals surface area contributed by atoms with Gasteiger partial charge in [0.15, 0.2) is 0 Å². The summed E-state index contributed by atoms with van der Waals surface area (Å²) in [4.78, 5) is 24.2. The fourth-order valence-corrected chi connectivity index (χ4v) is 7.54. The molecule has 0 bridgehead atoms. The molecule has 0 spiro atoms. The molecule has 0 aromatic heterocycles. The van der Waals surface area contributed by atoms with Crippen molar-refractivity contribution in [1.29, 1.82) is 0 Å². The van der Waals surface area contributed by atoms with Crippen LogP contribution >= 0.6 is 11.8 Å². The number of unbranched alkanes of at least 4 members (excludes halogenated alkanes) is 3. The lowest BCUT2D eigenvalue weighted by atomic mass is 9.89. The Hall–Kier alpha value is -1.83. The van der Waals surface area contributed by atoms with E-state index < -0.39 is 18.4 Å². The third kappa shape index (κ3) is 6.69. The highest BCUT2D eigenvalue weighted by atomic mass is 32.2. The van der Waals surface area contributed by atoms with Gasteiger partial charge in [0.25, 0.3) is 6.29 Å². The molecule has 1 saturated carbocycles. The highest BCUT2D eigenvalue weighted by molar-refractivity contribution is 8.00. The first kappa shape index (κ1) is 26.2. The molecule has 1 saturated heterocycles. The van der Waals surface area contributed by atoms with Gasteiger partial charge < -0.3 is 19.7 Å². The summed E-state index contributed by atoms with van der Waals surface area (Å²) in [6.45, 7) is 2.16. The number of hydrogen-bond acceptors (Lipinski definition) is 7. The molecule has 7 atom stereocenters. The smallest absolute Gasteiger partial charge is 0.342 e. The van der Waals surface area contributed by atoms with E-state index in [0.717, 1.165) is 57.8 Å². The fourth-order valence-electron chi connectivity index (χ4n) is 5.61. The molecule has 6 nitrogen and oxygen atoms in total. The second-order valence-corrected chi connectivity index (χ2v) is 11.6. The van der Waals surface area contributed by atoms with Crippen LogP contribution in [0.15, 0.2) is 36.4 Å². The van der Waals surface area contributed by atoms with Crippen molar-refractivity contribution in [3.8, 4) is 0 Å². The van der Waals surface area contributed by atoms with E-state index in [9.17, 15) is 19.8 Å². The number of rotatable bonds is 12. The van der Waals surface area contributed by atoms with Crippen molar-refractivity contribution in [2.75, 3.05) is 0 Å². The van der Waals surface area contributed by atoms with Crippen molar-refractivity contribution in [2.24, 2.45) is 11.8 Å². The van der Waals surface area contributed by atoms with Gasteiger partial charge in [-0.2, -0.15) is 11.8 Å². The Labute approximate surface area is 212 Å². The number of benzene rings is 1. The van der Waals surface area contributed by atoms with Crippen molar-refractivity contribution < 1.29 is 29.3 Å². The lowest BCUT2D eigenvalue weighted by Crippen LogP contribution is -2.19. The molecule has 2 heterocycles. The second kappa shape index (κ2) is 12.4. The maximum absolute atomic E-state index is 12.3. The van der Waals surface area contributed by atoms with Crippen LogP contribution in [0, 0.1) is 11.8 Å². The van der Waals surface area contributed by atoms with Gasteiger partial charge in [-0.05, 0) is 44.1 Å². The number of fused-ring (bicyclic) bond motifs is 2. The van der Waals surface area contributed by atoms with Crippen LogP contribution in [-0.4, -0.2) is 44.9 Å². The molecule has 3 aliphatic rings. The van der Waals surface area contributed by atoms with E-state index in [4.69, 9.17) is 9.47 Å². The van der Waals surface area contributed by atoms with Crippen LogP contribution in [0.5, 0.6) is 0 Å². The number of carbonyl (C=O) groups excluding carboxylic acids is 2. The minimum absolute atomic E-state index is 0.130. The molecule has 1 aromatic carbocycles. The zero-order valence-electron chi connectivity index (χ0n) is 20.5. The van der Waals surface area contributed by atoms with Gasteiger partial charge in [0.05, 0.1) is 17.8 Å². The average Bonchev–Trinajstić information content (AvgIpc) is 3.46. The molecule has 2 N–H and O–H groups in total. The zero-order valence-corrected chi connectivity index (χ0v) is 21.3. The Bertz CT molecular complexity index is 901. The monoisotopic (exact) mass is 502 g/mol. The number of aliphatic hydroxyl groups excluding tert-OH is 2. The highest BCUT2D eigenvalue weighted by Crippen LogP contribution is 2.52. The SMILES string of the molecule is CCCCC[C@H](O)/C=C/[C@@H]1[C@H]2CC(CCCCC(=O)OC3OC(=O)c4ccccc43)S[C@@H]2C[C@H]1O. The van der Waals surface area contributed by atoms with Crippen molar-refractivity contribution in [1.82, 2.24) is 0 Å². The zero-order chi connectivity index (χ0) is 24.8. The Balaban J connectivity index is 1.16. The third-order valence-corrected chi connectivity index (χ3v) is 9.20. The summed E-state index contributed by atoms with van der Waals surface area (Å²) in [5.74, 6) is -0.209. The fraction of sp³-hybridized carbons (Fsp3) is 0.643. The molecule has 0 radical (unpaired) electrons. The summed E-state index contributed by atoms with van der Waals surface area (Å²) in [6.07, 6.45) is 11.3. The van der Waals surface area contributed by atoms with Crippen molar-refractivity contribution in [3.63, 3.8) is 0 Å². The van der Waals surface area contributed by atoms with E-state index in [1.165, 1.54) is 0 Å². The molecule has 4 rings (SSSR count). The topological polar surface area (TPSA) is 93.1 Å². The number of hydrogen-bond donors (Lipinski definition) is 2. The van der Waals surface area contributed by atoms with Crippen molar-refractivity contribution >= 4 is 23.7 Å². The molecular formula is C28H38O6S. The molecule has 2 fully saturated rings. The summed E-state index contributed by atoms with van der Waals surface area (Å²) in [7, 11) is 0. The van der Waals surface area contributed by atoms with E-state index >= 15 is 0 Å². The Morgan fingerprint density at radius 3 is 2.89 bits per heavy atom. The highest BCUT2D eigenvalue weighted by Gasteiger charge is 2.47. The molecular weight excluding hydrogens is 464 g/mol. The normalized spacial score (nSPS) is 30.3. The minimum Gasteiger partial charge on any atom is -0.421 e. The molecule has 2 unspecified atom stereocenters. The van der Waals surface area contributed by atoms with Crippen LogP contribution in [0.25, 0.3) is 0 Å². The van der Waals surface area contributed by atoms with Crippen LogP contribution in [-0.2, 0) is 14.3 Å². The summed E-state index contributed by atoms with van der Waals surface area (Å²) in [6, 6.07) is 6.98. The summed E-state index contributed by atoms with van der Waals surface area (Å²) in [5, 5.41) is 21.8. The van der Waals surface area contributed by atoms with Crippen molar-refractivity contribution in [3.05, 3.63) is 47.5 Å². The van der Waals surface area contributed by atoms with Crippen molar-refractivity contribution in [2.45, 2.75) is 100 Å². The number of ether oxygens (including phenoxy) is 2. The first-order chi connectivity index (χ1) is 17.0. The van der Waals surface area contributed by atoms with Gasteiger partial charge in [-0.15, -0.1) is 0 Å². The first-order valence-corrected chi connectivity index (χ1v) is 14.1. The number of carbonyl (C=O) groups is 2. The van der Waals surface area contributed by atoms with Gasteiger partial charge >= 0.3 is 11.9 Å². The molecule has 1 aromatic rings. The van der Waals surface area contributed by atoms with Gasteiger partial charge in [0, 0.05) is 28.4 Å². The number of aliphatic hydroxyl groups is 2. The number of cyclic esters (lactones) is 1. The van der Waals surface area contributed by atoms with Gasteiger partial charge in [-0.3, -0.25) is 4.79 Å². The lowest BCUT2D eigenvalue weighted by Gasteiger charge is -2.18. The lowest BCUT2D eigenvalue weighted by molar-refractivity contribution is -0.167. The second-order valence-electron chi connectivity index (χ2n) is 10.1. The largest absolute Gasteiger partial charge is 0.421 e. The van der Waals surface area contributed by atoms with Gasteiger partial charge in [-0.1, -0.05) is 63.0 Å². The van der Waals surface area contributed by atoms with E-state index in [0.29, 0.717) is 34.0 Å². The Morgan fingerprint density at radius 1 is 1.23 bits per heavy atom. The van der Waals surface area contributed by atoms with Gasteiger partial charge in [0.1, 0.15) is 0 Å². The predicted octanol–water partition coefficient (Wildman–Crippen LogP) is 5.33. The molecule has 192 valence electrons. The summed E-state index contributed by atoms with van der Waals surface area (Å²) in [5.41, 5.74) is 1.07. The van der Waals surface area contributed by atoms with Crippen LogP contribution in [0.2, 0.25) is 0 Å². The molecule has 0 amide bonds. The first-order valence-electron chi connectivity index (χ1n) is 13.2. The molecule has 2 aliphatic heterocycles. The van der Waals surface area contributed by atoms with E-state index in [-0.39, 0.29) is 18.0 Å². The predicted molar refractivity (Wildman–Crippen MR) is 136 cm³/mol. The number of thioether (sulfide) groups is 1. The number of esters is 2. The van der Waals surface area contributed by atoms with Crippen LogP contribution in [0.3, 0.4) is 0 Å². The molecule has 1 aliphatic carbocycles. The Morgan fingerprint density at radius 2 is 2.06 bits per heavy atom. The molecule has 35 heavy (non-hydrogen) atoms. The third-order valence-electron chi connectivity index (χ3n) is 7.50. The van der Waals surface area contributed by atoms with E-state index in [2.05, 4.69) is 13.0 Å². The Kier molecular flexibility index (Phi) is 9.31. The average molecular weight is 503 g/mol.